The number of hydrogen-bond acceptors (Lipinski definition) is 4. The molecule has 0 saturated carbocycles. The molecule has 0 atom stereocenters. The van der Waals surface area contributed by atoms with Crippen LogP contribution in [0.2, 0.25) is 20.9 Å². The lowest BCUT2D eigenvalue weighted by atomic mass is 10.2. The SMILES string of the molecule is Clc1nc(Cl)c2ccccc2n1.Clc1nc(Cl)c2ccccc2n1. The summed E-state index contributed by atoms with van der Waals surface area (Å²) in [6, 6.07) is 14.9. The number of nitrogens with zero attached hydrogens (tertiary/aromatic N) is 4. The number of benzene rings is 2. The van der Waals surface area contributed by atoms with Gasteiger partial charge in [-0.1, -0.05) is 47.5 Å². The van der Waals surface area contributed by atoms with Crippen LogP contribution in [0.3, 0.4) is 0 Å². The van der Waals surface area contributed by atoms with Crippen LogP contribution in [0, 0.1) is 0 Å². The highest BCUT2D eigenvalue weighted by atomic mass is 35.5. The van der Waals surface area contributed by atoms with Gasteiger partial charge in [0.1, 0.15) is 10.3 Å². The van der Waals surface area contributed by atoms with E-state index in [0.29, 0.717) is 10.3 Å². The summed E-state index contributed by atoms with van der Waals surface area (Å²) >= 11 is 22.9. The van der Waals surface area contributed by atoms with Crippen molar-refractivity contribution in [2.75, 3.05) is 0 Å². The largest absolute Gasteiger partial charge is 0.224 e. The van der Waals surface area contributed by atoms with Crippen LogP contribution in [0.4, 0.5) is 0 Å². The summed E-state index contributed by atoms with van der Waals surface area (Å²) < 4.78 is 0. The van der Waals surface area contributed by atoms with Gasteiger partial charge in [0, 0.05) is 10.8 Å². The molecular formula is C16H8Cl4N4. The van der Waals surface area contributed by atoms with Crippen molar-refractivity contribution < 1.29 is 0 Å². The van der Waals surface area contributed by atoms with Crippen LogP contribution in [-0.2, 0) is 0 Å². The highest BCUT2D eigenvalue weighted by Gasteiger charge is 2.02. The summed E-state index contributed by atoms with van der Waals surface area (Å²) in [7, 11) is 0. The molecule has 2 aromatic heterocycles. The number of halogens is 4. The first-order valence-electron chi connectivity index (χ1n) is 6.70. The van der Waals surface area contributed by atoms with Crippen molar-refractivity contribution in [1.29, 1.82) is 0 Å². The minimum atomic E-state index is 0.179. The van der Waals surface area contributed by atoms with Gasteiger partial charge in [-0.2, -0.15) is 0 Å². The predicted octanol–water partition coefficient (Wildman–Crippen LogP) is 5.87. The van der Waals surface area contributed by atoms with Crippen molar-refractivity contribution in [3.63, 3.8) is 0 Å². The molecule has 0 amide bonds. The summed E-state index contributed by atoms with van der Waals surface area (Å²) in [5.41, 5.74) is 1.53. The molecule has 0 unspecified atom stereocenters. The third-order valence-electron chi connectivity index (χ3n) is 3.06. The fraction of sp³-hybridized carbons (Fsp3) is 0. The van der Waals surface area contributed by atoms with E-state index in [4.69, 9.17) is 46.4 Å². The van der Waals surface area contributed by atoms with Gasteiger partial charge in [-0.3, -0.25) is 0 Å². The molecule has 120 valence electrons. The maximum atomic E-state index is 5.83. The lowest BCUT2D eigenvalue weighted by molar-refractivity contribution is 1.22. The van der Waals surface area contributed by atoms with Crippen LogP contribution in [-0.4, -0.2) is 19.9 Å². The Bertz CT molecular complexity index is 940. The van der Waals surface area contributed by atoms with E-state index in [0.717, 1.165) is 21.8 Å². The topological polar surface area (TPSA) is 51.6 Å². The van der Waals surface area contributed by atoms with E-state index in [9.17, 15) is 0 Å². The van der Waals surface area contributed by atoms with Crippen LogP contribution in [0.15, 0.2) is 48.5 Å². The molecule has 8 heteroatoms. The van der Waals surface area contributed by atoms with E-state index < -0.39 is 0 Å². The van der Waals surface area contributed by atoms with Gasteiger partial charge in [-0.25, -0.2) is 19.9 Å². The first kappa shape index (κ1) is 17.1. The van der Waals surface area contributed by atoms with Crippen LogP contribution in [0.1, 0.15) is 0 Å². The van der Waals surface area contributed by atoms with Crippen LogP contribution in [0.5, 0.6) is 0 Å². The Balaban J connectivity index is 0.000000141. The Morgan fingerprint density at radius 3 is 1.29 bits per heavy atom. The number of hydrogen-bond donors (Lipinski definition) is 0. The molecule has 0 spiro atoms. The molecule has 0 aliphatic rings. The quantitative estimate of drug-likeness (QED) is 0.275. The molecule has 2 aromatic carbocycles. The van der Waals surface area contributed by atoms with Crippen LogP contribution in [0.25, 0.3) is 21.8 Å². The molecule has 4 rings (SSSR count). The third kappa shape index (κ3) is 3.84. The summed E-state index contributed by atoms with van der Waals surface area (Å²) in [5, 5.41) is 2.79. The monoisotopic (exact) mass is 396 g/mol. The zero-order chi connectivity index (χ0) is 17.1. The maximum Gasteiger partial charge on any atom is 0.224 e. The molecule has 0 N–H and O–H groups in total. The molecule has 4 nitrogen and oxygen atoms in total. The molecule has 2 heterocycles. The average Bonchev–Trinajstić information content (AvgIpc) is 2.55. The highest BCUT2D eigenvalue weighted by molar-refractivity contribution is 6.36. The molecule has 0 saturated heterocycles. The molecule has 4 aromatic rings. The Labute approximate surface area is 157 Å². The van der Waals surface area contributed by atoms with Crippen LogP contribution >= 0.6 is 46.4 Å². The maximum absolute atomic E-state index is 5.83. The second kappa shape index (κ2) is 7.45. The van der Waals surface area contributed by atoms with Crippen molar-refractivity contribution >= 4 is 68.2 Å². The first-order chi connectivity index (χ1) is 11.5. The minimum Gasteiger partial charge on any atom is -0.218 e. The summed E-state index contributed by atoms with van der Waals surface area (Å²) in [6.45, 7) is 0. The van der Waals surface area contributed by atoms with Crippen molar-refractivity contribution in [3.05, 3.63) is 69.4 Å². The number of aromatic nitrogens is 4. The lowest BCUT2D eigenvalue weighted by Crippen LogP contribution is -1.85. The van der Waals surface area contributed by atoms with Crippen molar-refractivity contribution in [1.82, 2.24) is 19.9 Å². The molecule has 0 fully saturated rings. The Morgan fingerprint density at radius 1 is 0.500 bits per heavy atom. The van der Waals surface area contributed by atoms with Gasteiger partial charge in [-0.15, -0.1) is 0 Å². The Morgan fingerprint density at radius 2 is 0.875 bits per heavy atom. The van der Waals surface area contributed by atoms with Crippen LogP contribution < -0.4 is 0 Å². The van der Waals surface area contributed by atoms with E-state index in [1.807, 2.05) is 48.5 Å². The predicted molar refractivity (Wildman–Crippen MR) is 99.1 cm³/mol. The fourth-order valence-corrected chi connectivity index (χ4v) is 2.94. The first-order valence-corrected chi connectivity index (χ1v) is 8.21. The summed E-state index contributed by atoms with van der Waals surface area (Å²) in [5.74, 6) is 0. The van der Waals surface area contributed by atoms with Gasteiger partial charge in [0.25, 0.3) is 0 Å². The molecular weight excluding hydrogens is 390 g/mol. The second-order valence-corrected chi connectivity index (χ2v) is 5.99. The summed E-state index contributed by atoms with van der Waals surface area (Å²) in [4.78, 5) is 15.7. The molecule has 0 radical (unpaired) electrons. The number of para-hydroxylation sites is 2. The Kier molecular flexibility index (Phi) is 5.31. The zero-order valence-electron chi connectivity index (χ0n) is 11.9. The summed E-state index contributed by atoms with van der Waals surface area (Å²) in [6.07, 6.45) is 0. The smallest absolute Gasteiger partial charge is 0.218 e. The minimum absolute atomic E-state index is 0.179. The van der Waals surface area contributed by atoms with Crippen molar-refractivity contribution in [2.24, 2.45) is 0 Å². The van der Waals surface area contributed by atoms with Gasteiger partial charge in [0.2, 0.25) is 10.6 Å². The average molecular weight is 398 g/mol. The van der Waals surface area contributed by atoms with Gasteiger partial charge in [0.15, 0.2) is 0 Å². The van der Waals surface area contributed by atoms with Gasteiger partial charge < -0.3 is 0 Å². The van der Waals surface area contributed by atoms with Gasteiger partial charge >= 0.3 is 0 Å². The van der Waals surface area contributed by atoms with Gasteiger partial charge in [-0.05, 0) is 47.5 Å². The number of rotatable bonds is 0. The Hall–Kier alpha value is -1.72. The lowest BCUT2D eigenvalue weighted by Gasteiger charge is -1.97. The third-order valence-corrected chi connectivity index (χ3v) is 3.97. The molecule has 0 bridgehead atoms. The van der Waals surface area contributed by atoms with Gasteiger partial charge in [0.05, 0.1) is 11.0 Å². The number of fused-ring (bicyclic) bond motifs is 2. The van der Waals surface area contributed by atoms with Crippen molar-refractivity contribution in [2.45, 2.75) is 0 Å². The molecule has 0 aliphatic carbocycles. The highest BCUT2D eigenvalue weighted by Crippen LogP contribution is 2.21. The van der Waals surface area contributed by atoms with E-state index >= 15 is 0 Å². The fourth-order valence-electron chi connectivity index (χ4n) is 2.02. The molecule has 0 aliphatic heterocycles. The van der Waals surface area contributed by atoms with E-state index in [-0.39, 0.29) is 10.6 Å². The van der Waals surface area contributed by atoms with E-state index in [1.165, 1.54) is 0 Å². The second-order valence-electron chi connectivity index (χ2n) is 4.60. The van der Waals surface area contributed by atoms with E-state index in [1.54, 1.807) is 0 Å². The van der Waals surface area contributed by atoms with Crippen molar-refractivity contribution in [3.8, 4) is 0 Å². The van der Waals surface area contributed by atoms with E-state index in [2.05, 4.69) is 19.9 Å². The normalized spacial score (nSPS) is 10.5. The molecule has 24 heavy (non-hydrogen) atoms. The standard InChI is InChI=1S/2C8H4Cl2N2/c2*9-7-5-3-1-2-4-6(5)11-8(10)12-7/h2*1-4H. The zero-order valence-corrected chi connectivity index (χ0v) is 14.9.